The quantitative estimate of drug-likeness (QED) is 0.821. The largest absolute Gasteiger partial charge is 0.478 e. The van der Waals surface area contributed by atoms with Crippen LogP contribution in [0.5, 0.6) is 0 Å². The molecule has 0 unspecified atom stereocenters. The summed E-state index contributed by atoms with van der Waals surface area (Å²) in [7, 11) is 0. The molecule has 5 heteroatoms. The van der Waals surface area contributed by atoms with Crippen molar-refractivity contribution >= 4 is 29.1 Å². The van der Waals surface area contributed by atoms with Crippen LogP contribution in [-0.4, -0.2) is 34.7 Å². The van der Waals surface area contributed by atoms with Crippen LogP contribution < -0.4 is 10.6 Å². The lowest BCUT2D eigenvalue weighted by atomic mass is 10.1. The van der Waals surface area contributed by atoms with Gasteiger partial charge in [-0.25, -0.2) is 4.79 Å². The van der Waals surface area contributed by atoms with E-state index in [1.807, 2.05) is 24.8 Å². The van der Waals surface area contributed by atoms with Crippen LogP contribution in [-0.2, 0) is 0 Å². The van der Waals surface area contributed by atoms with E-state index in [1.54, 1.807) is 6.07 Å². The van der Waals surface area contributed by atoms with E-state index in [0.29, 0.717) is 5.69 Å². The third-order valence-corrected chi connectivity index (χ3v) is 5.18. The Morgan fingerprint density at radius 2 is 2.10 bits per heavy atom. The van der Waals surface area contributed by atoms with Crippen molar-refractivity contribution in [3.05, 3.63) is 23.3 Å². The Hall–Kier alpha value is -1.36. The number of nitrogen functional groups attached to an aromatic ring is 1. The van der Waals surface area contributed by atoms with Crippen LogP contribution >= 0.6 is 11.8 Å². The summed E-state index contributed by atoms with van der Waals surface area (Å²) < 4.78 is 0.285. The molecule has 0 radical (unpaired) electrons. The number of carbonyl (C=O) groups is 1. The second-order valence-electron chi connectivity index (χ2n) is 5.87. The fourth-order valence-corrected chi connectivity index (χ4v) is 3.52. The Morgan fingerprint density at radius 1 is 1.40 bits per heavy atom. The maximum atomic E-state index is 11.3. The summed E-state index contributed by atoms with van der Waals surface area (Å²) in [4.78, 5) is 13.5. The molecule has 1 heterocycles. The number of hydrogen-bond donors (Lipinski definition) is 2. The van der Waals surface area contributed by atoms with E-state index in [-0.39, 0.29) is 10.3 Å². The van der Waals surface area contributed by atoms with Crippen LogP contribution in [0.4, 0.5) is 11.4 Å². The van der Waals surface area contributed by atoms with E-state index >= 15 is 0 Å². The molecular formula is C15H22N2O2S. The average molecular weight is 294 g/mol. The third kappa shape index (κ3) is 3.20. The van der Waals surface area contributed by atoms with E-state index in [0.717, 1.165) is 36.5 Å². The Kier molecular flexibility index (Phi) is 4.18. The normalized spacial score (nSPS) is 18.6. The van der Waals surface area contributed by atoms with E-state index < -0.39 is 5.97 Å². The minimum Gasteiger partial charge on any atom is -0.478 e. The zero-order chi connectivity index (χ0) is 14.9. The molecule has 1 fully saturated rings. The van der Waals surface area contributed by atoms with Crippen molar-refractivity contribution in [3.63, 3.8) is 0 Å². The first kappa shape index (κ1) is 15.0. The Labute approximate surface area is 124 Å². The number of carboxylic acid groups (broad SMARTS) is 1. The number of nitrogens with two attached hydrogens (primary N) is 1. The van der Waals surface area contributed by atoms with Gasteiger partial charge in [-0.2, -0.15) is 11.8 Å². The fraction of sp³-hybridized carbons (Fsp3) is 0.533. The minimum atomic E-state index is -0.961. The molecule has 0 spiro atoms. The highest BCUT2D eigenvalue weighted by atomic mass is 32.2. The molecule has 1 aromatic carbocycles. The van der Waals surface area contributed by atoms with Crippen molar-refractivity contribution < 1.29 is 9.90 Å². The molecule has 1 aliphatic rings. The van der Waals surface area contributed by atoms with Crippen LogP contribution in [0, 0.1) is 6.92 Å². The first-order valence-corrected chi connectivity index (χ1v) is 7.81. The van der Waals surface area contributed by atoms with Crippen molar-refractivity contribution in [2.24, 2.45) is 0 Å². The number of hydrogen-bond acceptors (Lipinski definition) is 4. The van der Waals surface area contributed by atoms with Gasteiger partial charge in [0.05, 0.1) is 5.56 Å². The van der Waals surface area contributed by atoms with Crippen molar-refractivity contribution in [3.8, 4) is 0 Å². The molecule has 0 bridgehead atoms. The molecule has 0 atom stereocenters. The van der Waals surface area contributed by atoms with Crippen LogP contribution in [0.3, 0.4) is 0 Å². The molecule has 1 aromatic rings. The standard InChI is InChI=1S/C15H22N2O2S/c1-10-8-11(9-12(13(10)16)14(18)19)17-5-4-15(2,3)20-7-6-17/h8-9H,4-7,16H2,1-3H3,(H,18,19). The van der Waals surface area contributed by atoms with E-state index in [4.69, 9.17) is 5.73 Å². The molecular weight excluding hydrogens is 272 g/mol. The van der Waals surface area contributed by atoms with Gasteiger partial charge in [-0.1, -0.05) is 13.8 Å². The molecule has 110 valence electrons. The SMILES string of the molecule is Cc1cc(N2CCSC(C)(C)CC2)cc(C(=O)O)c1N. The van der Waals surface area contributed by atoms with Crippen molar-refractivity contribution in [2.45, 2.75) is 31.9 Å². The maximum Gasteiger partial charge on any atom is 0.337 e. The second-order valence-corrected chi connectivity index (χ2v) is 7.68. The highest BCUT2D eigenvalue weighted by Gasteiger charge is 2.24. The topological polar surface area (TPSA) is 66.6 Å². The average Bonchev–Trinajstić information content (AvgIpc) is 2.53. The number of aromatic carboxylic acids is 1. The van der Waals surface area contributed by atoms with Gasteiger partial charge in [-0.3, -0.25) is 0 Å². The van der Waals surface area contributed by atoms with E-state index in [2.05, 4.69) is 18.7 Å². The maximum absolute atomic E-state index is 11.3. The lowest BCUT2D eigenvalue weighted by molar-refractivity contribution is 0.0698. The highest BCUT2D eigenvalue weighted by molar-refractivity contribution is 8.00. The van der Waals surface area contributed by atoms with Gasteiger partial charge in [-0.15, -0.1) is 0 Å². The van der Waals surface area contributed by atoms with Gasteiger partial charge in [0, 0.05) is 35.0 Å². The van der Waals surface area contributed by atoms with Crippen molar-refractivity contribution in [2.75, 3.05) is 29.5 Å². The number of rotatable bonds is 2. The Balaban J connectivity index is 2.31. The molecule has 20 heavy (non-hydrogen) atoms. The third-order valence-electron chi connectivity index (χ3n) is 3.80. The van der Waals surface area contributed by atoms with Crippen LogP contribution in [0.15, 0.2) is 12.1 Å². The van der Waals surface area contributed by atoms with Gasteiger partial charge in [0.15, 0.2) is 0 Å². The summed E-state index contributed by atoms with van der Waals surface area (Å²) >= 11 is 1.97. The molecule has 0 aliphatic carbocycles. The van der Waals surface area contributed by atoms with Gasteiger partial charge in [0.1, 0.15) is 0 Å². The molecule has 2 rings (SSSR count). The summed E-state index contributed by atoms with van der Waals surface area (Å²) in [5.74, 6) is 0.0933. The van der Waals surface area contributed by atoms with Gasteiger partial charge in [0.25, 0.3) is 0 Å². The summed E-state index contributed by atoms with van der Waals surface area (Å²) in [5, 5.41) is 9.25. The number of benzene rings is 1. The number of thioether (sulfide) groups is 1. The zero-order valence-corrected chi connectivity index (χ0v) is 13.1. The number of carboxylic acids is 1. The van der Waals surface area contributed by atoms with Gasteiger partial charge in [0.2, 0.25) is 0 Å². The van der Waals surface area contributed by atoms with E-state index in [9.17, 15) is 9.90 Å². The number of nitrogens with zero attached hydrogens (tertiary/aromatic N) is 1. The molecule has 1 saturated heterocycles. The first-order valence-electron chi connectivity index (χ1n) is 6.82. The summed E-state index contributed by atoms with van der Waals surface area (Å²) in [6.07, 6.45) is 1.09. The van der Waals surface area contributed by atoms with Crippen LogP contribution in [0.1, 0.15) is 36.2 Å². The molecule has 3 N–H and O–H groups in total. The van der Waals surface area contributed by atoms with Crippen LogP contribution in [0.2, 0.25) is 0 Å². The molecule has 0 saturated carbocycles. The monoisotopic (exact) mass is 294 g/mol. The predicted octanol–water partition coefficient (Wildman–Crippen LogP) is 3.00. The summed E-state index contributed by atoms with van der Waals surface area (Å²) in [5.41, 5.74) is 8.22. The molecule has 4 nitrogen and oxygen atoms in total. The van der Waals surface area contributed by atoms with Gasteiger partial charge in [-0.05, 0) is 31.0 Å². The molecule has 0 amide bonds. The summed E-state index contributed by atoms with van der Waals surface area (Å²) in [6.45, 7) is 8.27. The van der Waals surface area contributed by atoms with Crippen molar-refractivity contribution in [1.82, 2.24) is 0 Å². The van der Waals surface area contributed by atoms with E-state index in [1.165, 1.54) is 0 Å². The van der Waals surface area contributed by atoms with Crippen molar-refractivity contribution in [1.29, 1.82) is 0 Å². The molecule has 1 aliphatic heterocycles. The number of aryl methyl sites for hydroxylation is 1. The minimum absolute atomic E-state index is 0.205. The number of anilines is 2. The first-order chi connectivity index (χ1) is 9.30. The Bertz CT molecular complexity index is 529. The molecule has 0 aromatic heterocycles. The highest BCUT2D eigenvalue weighted by Crippen LogP contribution is 2.33. The zero-order valence-electron chi connectivity index (χ0n) is 12.3. The predicted molar refractivity (Wildman–Crippen MR) is 85.9 cm³/mol. The van der Waals surface area contributed by atoms with Gasteiger partial charge < -0.3 is 15.7 Å². The summed E-state index contributed by atoms with van der Waals surface area (Å²) in [6, 6.07) is 3.69. The Morgan fingerprint density at radius 3 is 2.75 bits per heavy atom. The fourth-order valence-electron chi connectivity index (χ4n) is 2.42. The van der Waals surface area contributed by atoms with Crippen LogP contribution in [0.25, 0.3) is 0 Å². The lowest BCUT2D eigenvalue weighted by Crippen LogP contribution is -2.27. The van der Waals surface area contributed by atoms with Gasteiger partial charge >= 0.3 is 5.97 Å². The lowest BCUT2D eigenvalue weighted by Gasteiger charge is -2.25. The smallest absolute Gasteiger partial charge is 0.337 e. The second kappa shape index (κ2) is 5.56.